The van der Waals surface area contributed by atoms with Gasteiger partial charge in [-0.3, -0.25) is 9.69 Å². The first-order chi connectivity index (χ1) is 13.7. The highest BCUT2D eigenvalue weighted by Crippen LogP contribution is 2.14. The average molecular weight is 386 g/mol. The van der Waals surface area contributed by atoms with E-state index in [0.717, 1.165) is 57.1 Å². The summed E-state index contributed by atoms with van der Waals surface area (Å²) in [6.07, 6.45) is 4.38. The summed E-state index contributed by atoms with van der Waals surface area (Å²) in [7, 11) is 0. The Hall–Kier alpha value is -2.25. The summed E-state index contributed by atoms with van der Waals surface area (Å²) in [5.41, 5.74) is 3.40. The van der Waals surface area contributed by atoms with E-state index in [1.54, 1.807) is 4.68 Å². The maximum Gasteiger partial charge on any atom is 0.273 e. The Kier molecular flexibility index (Phi) is 7.56. The van der Waals surface area contributed by atoms with Gasteiger partial charge in [-0.1, -0.05) is 30.7 Å². The van der Waals surface area contributed by atoms with Gasteiger partial charge in [0.05, 0.1) is 24.6 Å². The van der Waals surface area contributed by atoms with Crippen LogP contribution < -0.4 is 5.32 Å². The quantitative estimate of drug-likeness (QED) is 0.671. The molecule has 2 heterocycles. The molecule has 1 aromatic heterocycles. The highest BCUT2D eigenvalue weighted by Gasteiger charge is 2.17. The molecule has 0 saturated carbocycles. The molecule has 1 N–H and O–H groups in total. The van der Waals surface area contributed by atoms with E-state index >= 15 is 0 Å². The van der Waals surface area contributed by atoms with Crippen molar-refractivity contribution in [1.82, 2.24) is 25.2 Å². The predicted octanol–water partition coefficient (Wildman–Crippen LogP) is 2.37. The first-order valence-corrected chi connectivity index (χ1v) is 10.3. The molecular weight excluding hydrogens is 354 g/mol. The van der Waals surface area contributed by atoms with Crippen LogP contribution in [0.1, 0.15) is 47.9 Å². The molecule has 2 aromatic rings. The number of rotatable bonds is 9. The van der Waals surface area contributed by atoms with E-state index in [1.165, 1.54) is 18.4 Å². The zero-order valence-electron chi connectivity index (χ0n) is 17.0. The van der Waals surface area contributed by atoms with Crippen molar-refractivity contribution in [3.63, 3.8) is 0 Å². The van der Waals surface area contributed by atoms with E-state index in [-0.39, 0.29) is 5.91 Å². The van der Waals surface area contributed by atoms with E-state index in [2.05, 4.69) is 39.6 Å². The Labute approximate surface area is 167 Å². The lowest BCUT2D eigenvalue weighted by Crippen LogP contribution is -2.38. The second kappa shape index (κ2) is 10.3. The minimum absolute atomic E-state index is 0.162. The second-order valence-electron chi connectivity index (χ2n) is 7.27. The third-order valence-electron chi connectivity index (χ3n) is 5.15. The maximum absolute atomic E-state index is 12.5. The van der Waals surface area contributed by atoms with Crippen LogP contribution in [0.2, 0.25) is 0 Å². The lowest BCUT2D eigenvalue weighted by atomic mass is 10.1. The van der Waals surface area contributed by atoms with Crippen LogP contribution in [0.3, 0.4) is 0 Å². The number of nitrogens with zero attached hydrogens (tertiary/aromatic N) is 4. The molecule has 0 unspecified atom stereocenters. The van der Waals surface area contributed by atoms with Gasteiger partial charge in [0.25, 0.3) is 5.91 Å². The number of carbonyl (C=O) groups is 1. The van der Waals surface area contributed by atoms with Gasteiger partial charge in [0.1, 0.15) is 0 Å². The van der Waals surface area contributed by atoms with Gasteiger partial charge in [0, 0.05) is 19.6 Å². The van der Waals surface area contributed by atoms with Crippen LogP contribution in [0, 0.1) is 6.92 Å². The highest BCUT2D eigenvalue weighted by molar-refractivity contribution is 5.93. The van der Waals surface area contributed by atoms with Crippen LogP contribution in [0.25, 0.3) is 5.69 Å². The van der Waals surface area contributed by atoms with E-state index in [4.69, 9.17) is 4.74 Å². The van der Waals surface area contributed by atoms with Crippen LogP contribution in [-0.2, 0) is 11.2 Å². The molecule has 1 aliphatic rings. The Balaban J connectivity index is 1.52. The molecule has 7 heteroatoms. The second-order valence-corrected chi connectivity index (χ2v) is 7.27. The summed E-state index contributed by atoms with van der Waals surface area (Å²) in [6.45, 7) is 9.23. The van der Waals surface area contributed by atoms with Gasteiger partial charge in [-0.2, -0.15) is 0 Å². The fourth-order valence-electron chi connectivity index (χ4n) is 3.38. The molecule has 0 radical (unpaired) electrons. The van der Waals surface area contributed by atoms with Crippen LogP contribution in [0.15, 0.2) is 24.3 Å². The van der Waals surface area contributed by atoms with Crippen molar-refractivity contribution in [2.24, 2.45) is 0 Å². The molecule has 1 fully saturated rings. The molecule has 1 aliphatic heterocycles. The monoisotopic (exact) mass is 385 g/mol. The predicted molar refractivity (Wildman–Crippen MR) is 109 cm³/mol. The number of unbranched alkanes of at least 4 members (excludes halogenated alkanes) is 1. The molecule has 1 saturated heterocycles. The minimum Gasteiger partial charge on any atom is -0.379 e. The normalized spacial score (nSPS) is 14.9. The topological polar surface area (TPSA) is 72.3 Å². The zero-order valence-corrected chi connectivity index (χ0v) is 17.0. The molecule has 1 aromatic carbocycles. The smallest absolute Gasteiger partial charge is 0.273 e. The number of hydrogen-bond acceptors (Lipinski definition) is 5. The third-order valence-corrected chi connectivity index (χ3v) is 5.15. The summed E-state index contributed by atoms with van der Waals surface area (Å²) in [5, 5.41) is 11.3. The molecule has 0 spiro atoms. The van der Waals surface area contributed by atoms with Gasteiger partial charge < -0.3 is 10.1 Å². The summed E-state index contributed by atoms with van der Waals surface area (Å²) < 4.78 is 7.08. The highest BCUT2D eigenvalue weighted by atomic mass is 16.5. The van der Waals surface area contributed by atoms with E-state index in [0.29, 0.717) is 12.2 Å². The van der Waals surface area contributed by atoms with Crippen molar-refractivity contribution in [2.45, 2.75) is 39.5 Å². The number of morpholine rings is 1. The molecule has 152 valence electrons. The van der Waals surface area contributed by atoms with Crippen molar-refractivity contribution in [3.05, 3.63) is 41.2 Å². The SMILES string of the molecule is CCCCc1ccc(-n2nnc(C(=O)NCCCN3CCOCC3)c2C)cc1. The Morgan fingerprint density at radius 3 is 2.64 bits per heavy atom. The largest absolute Gasteiger partial charge is 0.379 e. The van der Waals surface area contributed by atoms with E-state index in [1.807, 2.05) is 19.1 Å². The molecule has 3 rings (SSSR count). The maximum atomic E-state index is 12.5. The first-order valence-electron chi connectivity index (χ1n) is 10.3. The van der Waals surface area contributed by atoms with E-state index in [9.17, 15) is 4.79 Å². The molecular formula is C21H31N5O2. The van der Waals surface area contributed by atoms with Gasteiger partial charge in [-0.15, -0.1) is 5.10 Å². The van der Waals surface area contributed by atoms with Crippen LogP contribution in [0.4, 0.5) is 0 Å². The van der Waals surface area contributed by atoms with Gasteiger partial charge >= 0.3 is 0 Å². The fraction of sp³-hybridized carbons (Fsp3) is 0.571. The van der Waals surface area contributed by atoms with E-state index < -0.39 is 0 Å². The van der Waals surface area contributed by atoms with Crippen LogP contribution >= 0.6 is 0 Å². The fourth-order valence-corrected chi connectivity index (χ4v) is 3.38. The Morgan fingerprint density at radius 1 is 1.18 bits per heavy atom. The van der Waals surface area contributed by atoms with Crippen LogP contribution in [0.5, 0.6) is 0 Å². The number of hydrogen-bond donors (Lipinski definition) is 1. The van der Waals surface area contributed by atoms with Gasteiger partial charge in [0.15, 0.2) is 5.69 Å². The van der Waals surface area contributed by atoms with Gasteiger partial charge in [0.2, 0.25) is 0 Å². The van der Waals surface area contributed by atoms with Crippen molar-refractivity contribution in [3.8, 4) is 5.69 Å². The summed E-state index contributed by atoms with van der Waals surface area (Å²) in [5.74, 6) is -0.162. The third kappa shape index (κ3) is 5.39. The number of ether oxygens (including phenoxy) is 1. The molecule has 0 aliphatic carbocycles. The van der Waals surface area contributed by atoms with Crippen molar-refractivity contribution in [2.75, 3.05) is 39.4 Å². The Morgan fingerprint density at radius 2 is 1.93 bits per heavy atom. The number of aromatic nitrogens is 3. The zero-order chi connectivity index (χ0) is 19.8. The van der Waals surface area contributed by atoms with Crippen molar-refractivity contribution >= 4 is 5.91 Å². The summed E-state index contributed by atoms with van der Waals surface area (Å²) in [6, 6.07) is 8.32. The van der Waals surface area contributed by atoms with Gasteiger partial charge in [-0.25, -0.2) is 4.68 Å². The number of benzene rings is 1. The minimum atomic E-state index is -0.162. The standard InChI is InChI=1S/C21H31N5O2/c1-3-4-6-18-7-9-19(10-8-18)26-17(2)20(23-24-26)21(27)22-11-5-12-25-13-15-28-16-14-25/h7-10H,3-6,11-16H2,1-2H3,(H,22,27). The number of aryl methyl sites for hydroxylation is 1. The molecule has 7 nitrogen and oxygen atoms in total. The molecule has 1 amide bonds. The van der Waals surface area contributed by atoms with Crippen molar-refractivity contribution < 1.29 is 9.53 Å². The van der Waals surface area contributed by atoms with Crippen molar-refractivity contribution in [1.29, 1.82) is 0 Å². The number of carbonyl (C=O) groups excluding carboxylic acids is 1. The Bertz CT molecular complexity index is 751. The summed E-state index contributed by atoms with van der Waals surface area (Å²) in [4.78, 5) is 14.8. The first kappa shape index (κ1) is 20.5. The van der Waals surface area contributed by atoms with Crippen LogP contribution in [-0.4, -0.2) is 65.2 Å². The molecule has 0 bridgehead atoms. The molecule has 0 atom stereocenters. The summed E-state index contributed by atoms with van der Waals surface area (Å²) >= 11 is 0. The number of amides is 1. The molecule has 28 heavy (non-hydrogen) atoms. The lowest BCUT2D eigenvalue weighted by Gasteiger charge is -2.26. The average Bonchev–Trinajstić information content (AvgIpc) is 3.12. The lowest BCUT2D eigenvalue weighted by molar-refractivity contribution is 0.0374. The van der Waals surface area contributed by atoms with Gasteiger partial charge in [-0.05, 0) is 50.4 Å². The number of nitrogens with one attached hydrogen (secondary N) is 1.